The molecular formula is C13H18N4O4. The highest BCUT2D eigenvalue weighted by molar-refractivity contribution is 5.95. The summed E-state index contributed by atoms with van der Waals surface area (Å²) < 4.78 is 5.09. The SMILES string of the molecule is NC(=O)CC(N)=O.O=C(OCC1CC1)N1C=CC=NC=C1. The molecule has 0 aromatic rings. The Morgan fingerprint density at radius 3 is 2.38 bits per heavy atom. The number of rotatable bonds is 4. The molecule has 0 aromatic heterocycles. The first-order valence-corrected chi connectivity index (χ1v) is 6.37. The summed E-state index contributed by atoms with van der Waals surface area (Å²) in [5.41, 5.74) is 9.11. The molecule has 0 spiro atoms. The van der Waals surface area contributed by atoms with E-state index in [0.29, 0.717) is 12.5 Å². The van der Waals surface area contributed by atoms with Crippen LogP contribution in [0.5, 0.6) is 0 Å². The van der Waals surface area contributed by atoms with E-state index in [2.05, 4.69) is 16.5 Å². The van der Waals surface area contributed by atoms with Crippen LogP contribution in [0.3, 0.4) is 0 Å². The van der Waals surface area contributed by atoms with Gasteiger partial charge in [0.05, 0.1) is 6.61 Å². The molecule has 1 fully saturated rings. The molecule has 8 heteroatoms. The lowest BCUT2D eigenvalue weighted by Crippen LogP contribution is -2.21. The van der Waals surface area contributed by atoms with E-state index >= 15 is 0 Å². The lowest BCUT2D eigenvalue weighted by atomic mass is 10.4. The van der Waals surface area contributed by atoms with Crippen molar-refractivity contribution in [3.8, 4) is 0 Å². The number of nitrogens with two attached hydrogens (primary N) is 2. The Bertz CT molecular complexity index is 453. The number of allylic oxidation sites excluding steroid dienone is 1. The molecule has 1 aliphatic heterocycles. The number of aliphatic imine (C=N–C) groups is 1. The van der Waals surface area contributed by atoms with Crippen LogP contribution in [0, 0.1) is 5.92 Å². The minimum Gasteiger partial charge on any atom is -0.449 e. The molecular weight excluding hydrogens is 276 g/mol. The van der Waals surface area contributed by atoms with E-state index in [1.165, 1.54) is 17.7 Å². The van der Waals surface area contributed by atoms with Crippen LogP contribution in [0.25, 0.3) is 0 Å². The number of primary amides is 2. The average Bonchev–Trinajstić information content (AvgIpc) is 3.22. The Kier molecular flexibility index (Phi) is 6.66. The number of carbonyl (C=O) groups excluding carboxylic acids is 3. The number of hydrogen-bond acceptors (Lipinski definition) is 5. The molecule has 0 radical (unpaired) electrons. The minimum absolute atomic E-state index is 0.338. The Hall–Kier alpha value is -2.64. The fraction of sp³-hybridized carbons (Fsp3) is 0.385. The van der Waals surface area contributed by atoms with E-state index in [1.807, 2.05) is 0 Å². The van der Waals surface area contributed by atoms with E-state index in [9.17, 15) is 14.4 Å². The standard InChI is InChI=1S/C10H12N2O2.C3H6N2O2/c13-10(14-8-9-2-3-9)12-6-1-4-11-5-7-12;4-2(6)1-3(5)7/h1,4-7,9H,2-3,8H2;1H2,(H2,4,6)(H2,5,7). The zero-order valence-electron chi connectivity index (χ0n) is 11.5. The molecule has 3 amide bonds. The Morgan fingerprint density at radius 1 is 1.19 bits per heavy atom. The molecule has 1 saturated carbocycles. The van der Waals surface area contributed by atoms with Gasteiger partial charge in [-0.25, -0.2) is 4.79 Å². The minimum atomic E-state index is -0.687. The number of amides is 3. The van der Waals surface area contributed by atoms with Crippen LogP contribution in [0.15, 0.2) is 29.7 Å². The van der Waals surface area contributed by atoms with Gasteiger partial charge in [0.25, 0.3) is 0 Å². The maximum Gasteiger partial charge on any atom is 0.418 e. The molecule has 8 nitrogen and oxygen atoms in total. The monoisotopic (exact) mass is 294 g/mol. The van der Waals surface area contributed by atoms with E-state index in [1.54, 1.807) is 30.9 Å². The second-order valence-electron chi connectivity index (χ2n) is 4.47. The van der Waals surface area contributed by atoms with Gasteiger partial charge in [-0.15, -0.1) is 0 Å². The third-order valence-corrected chi connectivity index (χ3v) is 2.43. The molecule has 2 aliphatic rings. The van der Waals surface area contributed by atoms with Gasteiger partial charge in [0.2, 0.25) is 11.8 Å². The zero-order valence-corrected chi connectivity index (χ0v) is 11.5. The van der Waals surface area contributed by atoms with E-state index in [-0.39, 0.29) is 12.5 Å². The van der Waals surface area contributed by atoms with Gasteiger partial charge in [-0.3, -0.25) is 19.5 Å². The largest absolute Gasteiger partial charge is 0.449 e. The summed E-state index contributed by atoms with van der Waals surface area (Å²) in [6.45, 7) is 0.540. The maximum absolute atomic E-state index is 11.4. The third kappa shape index (κ3) is 8.19. The molecule has 21 heavy (non-hydrogen) atoms. The van der Waals surface area contributed by atoms with Crippen molar-refractivity contribution in [1.29, 1.82) is 0 Å². The normalized spacial score (nSPS) is 15.7. The van der Waals surface area contributed by atoms with Gasteiger partial charge in [-0.1, -0.05) is 0 Å². The van der Waals surface area contributed by atoms with Crippen molar-refractivity contribution in [2.24, 2.45) is 22.4 Å². The highest BCUT2D eigenvalue weighted by Gasteiger charge is 2.23. The number of ether oxygens (including phenoxy) is 1. The second-order valence-corrected chi connectivity index (χ2v) is 4.47. The highest BCUT2D eigenvalue weighted by Crippen LogP contribution is 2.28. The first-order chi connectivity index (χ1) is 9.99. The van der Waals surface area contributed by atoms with E-state index in [0.717, 1.165) is 0 Å². The van der Waals surface area contributed by atoms with Crippen LogP contribution in [-0.2, 0) is 14.3 Å². The molecule has 4 N–H and O–H groups in total. The van der Waals surface area contributed by atoms with Crippen molar-refractivity contribution in [2.75, 3.05) is 6.61 Å². The molecule has 0 atom stereocenters. The van der Waals surface area contributed by atoms with Crippen molar-refractivity contribution < 1.29 is 19.1 Å². The van der Waals surface area contributed by atoms with Gasteiger partial charge in [0.1, 0.15) is 6.42 Å². The third-order valence-electron chi connectivity index (χ3n) is 2.43. The van der Waals surface area contributed by atoms with E-state index in [4.69, 9.17) is 4.74 Å². The van der Waals surface area contributed by atoms with Crippen molar-refractivity contribution >= 4 is 24.1 Å². The summed E-state index contributed by atoms with van der Waals surface area (Å²) in [6, 6.07) is 0. The summed E-state index contributed by atoms with van der Waals surface area (Å²) in [4.78, 5) is 36.1. The summed E-state index contributed by atoms with van der Waals surface area (Å²) >= 11 is 0. The Labute approximate surface area is 122 Å². The molecule has 0 saturated heterocycles. The van der Waals surface area contributed by atoms with Crippen molar-refractivity contribution in [3.05, 3.63) is 24.7 Å². The molecule has 0 aromatic carbocycles. The van der Waals surface area contributed by atoms with E-state index < -0.39 is 11.8 Å². The lowest BCUT2D eigenvalue weighted by Gasteiger charge is -2.12. The molecule has 1 heterocycles. The smallest absolute Gasteiger partial charge is 0.418 e. The van der Waals surface area contributed by atoms with Gasteiger partial charge in [-0.05, 0) is 24.8 Å². The predicted octanol–water partition coefficient (Wildman–Crippen LogP) is 0.251. The Balaban J connectivity index is 0.000000270. The van der Waals surface area contributed by atoms with Crippen molar-refractivity contribution in [2.45, 2.75) is 19.3 Å². The number of carbonyl (C=O) groups is 3. The van der Waals surface area contributed by atoms with Crippen molar-refractivity contribution in [1.82, 2.24) is 4.90 Å². The summed E-state index contributed by atoms with van der Waals surface area (Å²) in [7, 11) is 0. The van der Waals surface area contributed by atoms with Crippen LogP contribution in [0.1, 0.15) is 19.3 Å². The predicted molar refractivity (Wildman–Crippen MR) is 75.7 cm³/mol. The summed E-state index contributed by atoms with van der Waals surface area (Å²) in [6.07, 6.45) is 9.73. The van der Waals surface area contributed by atoms with Gasteiger partial charge < -0.3 is 16.2 Å². The van der Waals surface area contributed by atoms with Gasteiger partial charge in [0, 0.05) is 24.8 Å². The lowest BCUT2D eigenvalue weighted by molar-refractivity contribution is -0.125. The van der Waals surface area contributed by atoms with Gasteiger partial charge in [0.15, 0.2) is 0 Å². The quantitative estimate of drug-likeness (QED) is 0.720. The zero-order chi connectivity index (χ0) is 15.7. The summed E-state index contributed by atoms with van der Waals surface area (Å²) in [5, 5.41) is 0. The van der Waals surface area contributed by atoms with Crippen LogP contribution >= 0.6 is 0 Å². The van der Waals surface area contributed by atoms with Gasteiger partial charge in [-0.2, -0.15) is 0 Å². The maximum atomic E-state index is 11.4. The number of nitrogens with zero attached hydrogens (tertiary/aromatic N) is 2. The van der Waals surface area contributed by atoms with Crippen molar-refractivity contribution in [3.63, 3.8) is 0 Å². The Morgan fingerprint density at radius 2 is 1.86 bits per heavy atom. The van der Waals surface area contributed by atoms with Crippen LogP contribution in [-0.4, -0.2) is 35.6 Å². The fourth-order valence-electron chi connectivity index (χ4n) is 1.23. The first kappa shape index (κ1) is 16.4. The number of hydrogen-bond donors (Lipinski definition) is 2. The molecule has 1 aliphatic carbocycles. The molecule has 114 valence electrons. The fourth-order valence-corrected chi connectivity index (χ4v) is 1.23. The van der Waals surface area contributed by atoms with Crippen LogP contribution in [0.2, 0.25) is 0 Å². The molecule has 0 unspecified atom stereocenters. The van der Waals surface area contributed by atoms with Crippen LogP contribution in [0.4, 0.5) is 4.79 Å². The highest BCUT2D eigenvalue weighted by atomic mass is 16.6. The van der Waals surface area contributed by atoms with Gasteiger partial charge >= 0.3 is 6.09 Å². The average molecular weight is 294 g/mol. The van der Waals surface area contributed by atoms with Crippen LogP contribution < -0.4 is 11.5 Å². The topological polar surface area (TPSA) is 128 Å². The molecule has 2 rings (SSSR count). The first-order valence-electron chi connectivity index (χ1n) is 6.37. The second kappa shape index (κ2) is 8.51. The molecule has 0 bridgehead atoms. The summed E-state index contributed by atoms with van der Waals surface area (Å²) in [5.74, 6) is -0.782.